The van der Waals surface area contributed by atoms with Gasteiger partial charge in [0, 0.05) is 11.8 Å². The van der Waals surface area contributed by atoms with Crippen molar-refractivity contribution in [2.24, 2.45) is 11.3 Å². The number of aromatic nitrogens is 1. The molecule has 3 rings (SSSR count). The van der Waals surface area contributed by atoms with Gasteiger partial charge in [0.25, 0.3) is 0 Å². The topological polar surface area (TPSA) is 109 Å². The van der Waals surface area contributed by atoms with E-state index in [0.717, 1.165) is 28.3 Å². The molecule has 1 aliphatic carbocycles. The third-order valence-electron chi connectivity index (χ3n) is 7.80. The van der Waals surface area contributed by atoms with Gasteiger partial charge in [-0.1, -0.05) is 18.1 Å². The van der Waals surface area contributed by atoms with E-state index in [4.69, 9.17) is 11.2 Å². The predicted octanol–water partition coefficient (Wildman–Crippen LogP) is 3.98. The molecule has 2 aliphatic rings. The fraction of sp³-hybridized carbons (Fsp3) is 0.621. The van der Waals surface area contributed by atoms with Crippen LogP contribution in [0.15, 0.2) is 22.6 Å². The van der Waals surface area contributed by atoms with Gasteiger partial charge >= 0.3 is 0 Å². The number of thiazole rings is 1. The van der Waals surface area contributed by atoms with Gasteiger partial charge in [-0.25, -0.2) is 4.98 Å². The first-order valence-corrected chi connectivity index (χ1v) is 14.0. The lowest BCUT2D eigenvalue weighted by molar-refractivity contribution is -0.157. The number of aryl methyl sites for hydroxylation is 1. The summed E-state index contributed by atoms with van der Waals surface area (Å²) in [5, 5.41) is 28.2. The second-order valence-corrected chi connectivity index (χ2v) is 11.6. The molecule has 1 aliphatic heterocycles. The van der Waals surface area contributed by atoms with Gasteiger partial charge in [-0.2, -0.15) is 0 Å². The third kappa shape index (κ3) is 7.17. The second kappa shape index (κ2) is 13.0. The molecule has 202 valence electrons. The molecule has 3 N–H and O–H groups in total. The van der Waals surface area contributed by atoms with Gasteiger partial charge < -0.3 is 20.3 Å². The molecule has 8 heteroatoms. The summed E-state index contributed by atoms with van der Waals surface area (Å²) in [6, 6.07) is -0.284. The van der Waals surface area contributed by atoms with Crippen molar-refractivity contribution in [3.63, 3.8) is 0 Å². The van der Waals surface area contributed by atoms with E-state index in [0.29, 0.717) is 32.3 Å². The molecule has 0 unspecified atom stereocenters. The van der Waals surface area contributed by atoms with Crippen LogP contribution in [0.1, 0.15) is 76.4 Å². The number of amides is 1. The third-order valence-corrected chi connectivity index (χ3v) is 8.59. The van der Waals surface area contributed by atoms with E-state index >= 15 is 0 Å². The first-order valence-electron chi connectivity index (χ1n) is 13.1. The number of hydrogen-bond acceptors (Lipinski definition) is 7. The number of aliphatic hydroxyl groups excluding tert-OH is 2. The van der Waals surface area contributed by atoms with E-state index in [1.165, 1.54) is 0 Å². The molecule has 1 fully saturated rings. The van der Waals surface area contributed by atoms with Crippen LogP contribution in [0, 0.1) is 30.6 Å². The van der Waals surface area contributed by atoms with Crippen molar-refractivity contribution in [3.8, 4) is 12.3 Å². The first-order chi connectivity index (χ1) is 17.6. The Kier molecular flexibility index (Phi) is 10.3. The maximum absolute atomic E-state index is 13.7. The highest BCUT2D eigenvalue weighted by Gasteiger charge is 2.53. The monoisotopic (exact) mass is 528 g/mol. The Morgan fingerprint density at radius 3 is 2.68 bits per heavy atom. The highest BCUT2D eigenvalue weighted by atomic mass is 32.1. The standard InChI is InChI=1S/C29H40N2O5S/c1-6-8-23-27(34)20(4)36-14-11-18(2)9-10-24(19(3)15-22-17-37-21(5)30-22)31-26(33)16-25(32)29(28(23)35)12-7-13-29/h1,9,15,17,20,23-25,27,32,34H,7-8,10-14,16H2,2-5H3,(H,31,33)/b18-9-,19-15+/t20-,23-,24+,25+,27-/m1/s1. The fourth-order valence-corrected chi connectivity index (χ4v) is 5.75. The molecule has 2 heterocycles. The molecule has 1 spiro atoms. The molecule has 1 amide bonds. The molecule has 37 heavy (non-hydrogen) atoms. The second-order valence-electron chi connectivity index (χ2n) is 10.5. The Bertz CT molecular complexity index is 1060. The summed E-state index contributed by atoms with van der Waals surface area (Å²) in [6.45, 7) is 8.04. The minimum Gasteiger partial charge on any atom is -0.392 e. The molecule has 0 saturated heterocycles. The predicted molar refractivity (Wildman–Crippen MR) is 146 cm³/mol. The number of rotatable bonds is 3. The number of ether oxygens (including phenoxy) is 1. The van der Waals surface area contributed by atoms with Crippen molar-refractivity contribution in [2.75, 3.05) is 6.61 Å². The number of carbonyl (C=O) groups is 2. The molecule has 1 aromatic rings. The number of Topliss-reactive ketones (excluding diaryl/α,β-unsaturated/α-hetero) is 1. The zero-order valence-electron chi connectivity index (χ0n) is 22.3. The molecule has 0 aromatic carbocycles. The lowest BCUT2D eigenvalue weighted by Crippen LogP contribution is -2.55. The van der Waals surface area contributed by atoms with Crippen LogP contribution in [0.25, 0.3) is 6.08 Å². The number of aliphatic hydroxyl groups is 2. The SMILES string of the molecule is C#CC[C@H]1C(=O)C2(CCC2)[C@@H](O)CC(=O)N[C@H](/C(C)=C/c2csc(C)n2)C/C=C(/C)CCO[C@H](C)[C@H]1O. The molecule has 1 saturated carbocycles. The molecule has 1 aromatic heterocycles. The number of terminal acetylenes is 1. The Labute approximate surface area is 224 Å². The normalized spacial score (nSPS) is 31.6. The summed E-state index contributed by atoms with van der Waals surface area (Å²) in [7, 11) is 0. The van der Waals surface area contributed by atoms with Crippen molar-refractivity contribution in [3.05, 3.63) is 33.3 Å². The average Bonchev–Trinajstić information content (AvgIpc) is 3.22. The van der Waals surface area contributed by atoms with E-state index in [2.05, 4.69) is 22.3 Å². The first kappa shape index (κ1) is 29.2. The van der Waals surface area contributed by atoms with E-state index in [-0.39, 0.29) is 30.6 Å². The summed E-state index contributed by atoms with van der Waals surface area (Å²) >= 11 is 1.57. The van der Waals surface area contributed by atoms with Crippen LogP contribution in [0.3, 0.4) is 0 Å². The number of nitrogens with one attached hydrogen (secondary N) is 1. The number of hydrogen-bond donors (Lipinski definition) is 3. The van der Waals surface area contributed by atoms with Gasteiger partial charge in [-0.05, 0) is 65.0 Å². The van der Waals surface area contributed by atoms with Crippen molar-refractivity contribution >= 4 is 29.1 Å². The summed E-state index contributed by atoms with van der Waals surface area (Å²) in [5.74, 6) is 1.07. The Balaban J connectivity index is 1.90. The summed E-state index contributed by atoms with van der Waals surface area (Å²) in [6.07, 6.45) is 9.56. The average molecular weight is 529 g/mol. The molecule has 5 atom stereocenters. The Hall–Kier alpha value is -2.31. The fourth-order valence-electron chi connectivity index (χ4n) is 5.18. The zero-order chi connectivity index (χ0) is 27.2. The van der Waals surface area contributed by atoms with Gasteiger partial charge in [-0.15, -0.1) is 23.7 Å². The zero-order valence-corrected chi connectivity index (χ0v) is 23.1. The van der Waals surface area contributed by atoms with Gasteiger partial charge in [-0.3, -0.25) is 9.59 Å². The minimum atomic E-state index is -1.16. The highest BCUT2D eigenvalue weighted by Crippen LogP contribution is 2.48. The van der Waals surface area contributed by atoms with Crippen molar-refractivity contribution < 1.29 is 24.5 Å². The van der Waals surface area contributed by atoms with Crippen molar-refractivity contribution in [2.45, 2.75) is 97.0 Å². The van der Waals surface area contributed by atoms with Gasteiger partial charge in [0.1, 0.15) is 5.78 Å². The maximum atomic E-state index is 13.7. The van der Waals surface area contributed by atoms with Crippen molar-refractivity contribution in [1.29, 1.82) is 0 Å². The summed E-state index contributed by atoms with van der Waals surface area (Å²) in [4.78, 5) is 31.4. The lowest BCUT2D eigenvalue weighted by Gasteiger charge is -2.46. The van der Waals surface area contributed by atoms with E-state index < -0.39 is 29.6 Å². The minimum absolute atomic E-state index is 0.0510. The smallest absolute Gasteiger partial charge is 0.223 e. The number of ketones is 1. The lowest BCUT2D eigenvalue weighted by atomic mass is 9.58. The van der Waals surface area contributed by atoms with Crippen LogP contribution in [-0.2, 0) is 14.3 Å². The van der Waals surface area contributed by atoms with Crippen LogP contribution in [0.2, 0.25) is 0 Å². The van der Waals surface area contributed by atoms with Crippen LogP contribution in [0.5, 0.6) is 0 Å². The van der Waals surface area contributed by atoms with E-state index in [1.54, 1.807) is 18.3 Å². The van der Waals surface area contributed by atoms with Crippen LogP contribution in [0.4, 0.5) is 0 Å². The Morgan fingerprint density at radius 2 is 2.08 bits per heavy atom. The van der Waals surface area contributed by atoms with Crippen molar-refractivity contribution in [1.82, 2.24) is 10.3 Å². The van der Waals surface area contributed by atoms with Gasteiger partial charge in [0.05, 0.1) is 59.4 Å². The molecular formula is C29H40N2O5S. The molecular weight excluding hydrogens is 488 g/mol. The van der Waals surface area contributed by atoms with Gasteiger partial charge in [0.15, 0.2) is 0 Å². The largest absolute Gasteiger partial charge is 0.392 e. The van der Waals surface area contributed by atoms with Gasteiger partial charge in [0.2, 0.25) is 5.91 Å². The summed E-state index contributed by atoms with van der Waals surface area (Å²) < 4.78 is 5.91. The number of nitrogens with zero attached hydrogens (tertiary/aromatic N) is 1. The summed E-state index contributed by atoms with van der Waals surface area (Å²) in [5.41, 5.74) is 1.82. The van der Waals surface area contributed by atoms with Crippen LogP contribution < -0.4 is 5.32 Å². The maximum Gasteiger partial charge on any atom is 0.223 e. The van der Waals surface area contributed by atoms with Crippen LogP contribution >= 0.6 is 11.3 Å². The van der Waals surface area contributed by atoms with E-state index in [9.17, 15) is 19.8 Å². The number of carbonyl (C=O) groups excluding carboxylic acids is 2. The quantitative estimate of drug-likeness (QED) is 0.405. The molecule has 7 nitrogen and oxygen atoms in total. The molecule has 0 bridgehead atoms. The highest BCUT2D eigenvalue weighted by molar-refractivity contribution is 7.09. The Morgan fingerprint density at radius 1 is 1.35 bits per heavy atom. The molecule has 0 radical (unpaired) electrons. The van der Waals surface area contributed by atoms with Crippen LogP contribution in [-0.4, -0.2) is 57.8 Å². The van der Waals surface area contributed by atoms with E-state index in [1.807, 2.05) is 32.2 Å².